The van der Waals surface area contributed by atoms with Gasteiger partial charge in [-0.2, -0.15) is 5.10 Å². The molecular weight excluding hydrogens is 318 g/mol. The van der Waals surface area contributed by atoms with Gasteiger partial charge in [-0.3, -0.25) is 4.68 Å². The van der Waals surface area contributed by atoms with Gasteiger partial charge >= 0.3 is 6.03 Å². The van der Waals surface area contributed by atoms with Gasteiger partial charge in [0.1, 0.15) is 18.0 Å². The number of hydrogen-bond donors (Lipinski definition) is 1. The van der Waals surface area contributed by atoms with E-state index in [2.05, 4.69) is 25.3 Å². The van der Waals surface area contributed by atoms with Gasteiger partial charge < -0.3 is 15.1 Å². The Labute approximate surface area is 147 Å². The summed E-state index contributed by atoms with van der Waals surface area (Å²) in [7, 11) is 3.56. The molecule has 8 heteroatoms. The van der Waals surface area contributed by atoms with Crippen LogP contribution in [0.3, 0.4) is 0 Å². The molecule has 0 saturated carbocycles. The van der Waals surface area contributed by atoms with Crippen LogP contribution in [0.1, 0.15) is 30.7 Å². The van der Waals surface area contributed by atoms with Crippen LogP contribution in [0.2, 0.25) is 0 Å². The first-order valence-corrected chi connectivity index (χ1v) is 8.66. The fourth-order valence-electron chi connectivity index (χ4n) is 3.01. The molecule has 0 radical (unpaired) electrons. The third kappa shape index (κ3) is 4.26. The predicted octanol–water partition coefficient (Wildman–Crippen LogP) is 1.54. The Morgan fingerprint density at radius 2 is 2.08 bits per heavy atom. The lowest BCUT2D eigenvalue weighted by Gasteiger charge is -2.29. The topological polar surface area (TPSA) is 79.2 Å². The number of urea groups is 1. The van der Waals surface area contributed by atoms with Gasteiger partial charge in [0.05, 0.1) is 6.54 Å². The van der Waals surface area contributed by atoms with Gasteiger partial charge in [-0.25, -0.2) is 14.8 Å². The molecule has 2 amide bonds. The van der Waals surface area contributed by atoms with E-state index in [1.165, 1.54) is 25.6 Å². The van der Waals surface area contributed by atoms with Crippen molar-refractivity contribution >= 4 is 11.8 Å². The number of carbonyl (C=O) groups excluding carboxylic acids is 1. The number of nitrogens with zero attached hydrogens (tertiary/aromatic N) is 6. The molecule has 3 rings (SSSR count). The fraction of sp³-hybridized carbons (Fsp3) is 0.529. The zero-order chi connectivity index (χ0) is 17.6. The quantitative estimate of drug-likeness (QED) is 0.891. The number of aryl methyl sites for hydroxylation is 1. The fourth-order valence-corrected chi connectivity index (χ4v) is 3.01. The maximum atomic E-state index is 12.4. The molecule has 3 heterocycles. The highest BCUT2D eigenvalue weighted by atomic mass is 16.2. The lowest BCUT2D eigenvalue weighted by molar-refractivity contribution is 0.204. The number of anilines is 1. The van der Waals surface area contributed by atoms with Crippen molar-refractivity contribution in [1.82, 2.24) is 30.0 Å². The summed E-state index contributed by atoms with van der Waals surface area (Å²) in [5, 5.41) is 6.99. The Hall–Kier alpha value is -2.64. The van der Waals surface area contributed by atoms with Crippen molar-refractivity contribution in [3.8, 4) is 0 Å². The van der Waals surface area contributed by atoms with E-state index in [0.717, 1.165) is 30.3 Å². The van der Waals surface area contributed by atoms with E-state index >= 15 is 0 Å². The molecule has 0 spiro atoms. The molecule has 134 valence electrons. The van der Waals surface area contributed by atoms with Crippen molar-refractivity contribution in [3.63, 3.8) is 0 Å². The van der Waals surface area contributed by atoms with Gasteiger partial charge in [-0.1, -0.05) is 6.07 Å². The Bertz CT molecular complexity index is 709. The van der Waals surface area contributed by atoms with E-state index in [1.54, 1.807) is 16.6 Å². The van der Waals surface area contributed by atoms with Crippen LogP contribution in [0.15, 0.2) is 24.7 Å². The Balaban J connectivity index is 1.59. The summed E-state index contributed by atoms with van der Waals surface area (Å²) in [4.78, 5) is 25.0. The molecule has 0 aromatic carbocycles. The van der Waals surface area contributed by atoms with E-state index < -0.39 is 0 Å². The average Bonchev–Trinajstić information content (AvgIpc) is 3.05. The van der Waals surface area contributed by atoms with Crippen LogP contribution < -0.4 is 10.2 Å². The minimum Gasteiger partial charge on any atom is -0.356 e. The summed E-state index contributed by atoms with van der Waals surface area (Å²) in [6.45, 7) is 2.93. The smallest absolute Gasteiger partial charge is 0.317 e. The Morgan fingerprint density at radius 1 is 1.28 bits per heavy atom. The molecule has 1 fully saturated rings. The van der Waals surface area contributed by atoms with Crippen LogP contribution in [0.25, 0.3) is 0 Å². The Morgan fingerprint density at radius 3 is 2.80 bits per heavy atom. The normalized spacial score (nSPS) is 14.4. The first kappa shape index (κ1) is 17.2. The van der Waals surface area contributed by atoms with Crippen LogP contribution in [-0.2, 0) is 20.1 Å². The minimum absolute atomic E-state index is 0.142. The SMILES string of the molecule is CN(Cc1ncnn1C)C(=O)NCc1cccnc1N1CCCCC1. The van der Waals surface area contributed by atoms with E-state index in [0.29, 0.717) is 13.1 Å². The molecule has 25 heavy (non-hydrogen) atoms. The number of carbonyl (C=O) groups is 1. The highest BCUT2D eigenvalue weighted by Gasteiger charge is 2.17. The first-order chi connectivity index (χ1) is 12.1. The van der Waals surface area contributed by atoms with Gasteiger partial charge in [0, 0.05) is 45.5 Å². The van der Waals surface area contributed by atoms with Gasteiger partial charge in [-0.15, -0.1) is 0 Å². The molecule has 1 aliphatic heterocycles. The second-order valence-corrected chi connectivity index (χ2v) is 6.35. The van der Waals surface area contributed by atoms with Crippen molar-refractivity contribution in [3.05, 3.63) is 36.0 Å². The maximum absolute atomic E-state index is 12.4. The van der Waals surface area contributed by atoms with E-state index in [9.17, 15) is 4.79 Å². The second kappa shape index (κ2) is 7.96. The lowest BCUT2D eigenvalue weighted by Crippen LogP contribution is -2.38. The molecule has 0 aliphatic carbocycles. The highest BCUT2D eigenvalue weighted by Crippen LogP contribution is 2.21. The van der Waals surface area contributed by atoms with E-state index in [-0.39, 0.29) is 6.03 Å². The largest absolute Gasteiger partial charge is 0.356 e. The van der Waals surface area contributed by atoms with Crippen molar-refractivity contribution in [2.45, 2.75) is 32.4 Å². The van der Waals surface area contributed by atoms with E-state index in [1.807, 2.05) is 25.4 Å². The highest BCUT2D eigenvalue weighted by molar-refractivity contribution is 5.74. The van der Waals surface area contributed by atoms with Crippen LogP contribution in [0, 0.1) is 0 Å². The molecule has 1 aliphatic rings. The van der Waals surface area contributed by atoms with Gasteiger partial charge in [-0.05, 0) is 25.3 Å². The molecule has 1 N–H and O–H groups in total. The third-order valence-electron chi connectivity index (χ3n) is 4.48. The maximum Gasteiger partial charge on any atom is 0.317 e. The van der Waals surface area contributed by atoms with Crippen LogP contribution >= 0.6 is 0 Å². The molecular formula is C17H25N7O. The summed E-state index contributed by atoms with van der Waals surface area (Å²) < 4.78 is 1.67. The molecule has 2 aromatic rings. The number of rotatable bonds is 5. The lowest BCUT2D eigenvalue weighted by atomic mass is 10.1. The zero-order valence-electron chi connectivity index (χ0n) is 14.9. The van der Waals surface area contributed by atoms with Crippen molar-refractivity contribution in [2.75, 3.05) is 25.0 Å². The van der Waals surface area contributed by atoms with Crippen molar-refractivity contribution in [2.24, 2.45) is 7.05 Å². The van der Waals surface area contributed by atoms with Crippen LogP contribution in [0.5, 0.6) is 0 Å². The van der Waals surface area contributed by atoms with Gasteiger partial charge in [0.15, 0.2) is 0 Å². The standard InChI is InChI=1S/C17H25N7O/c1-22(12-15-20-13-21-23(15)2)17(25)19-11-14-7-6-8-18-16(14)24-9-4-3-5-10-24/h6-8,13H,3-5,9-12H2,1-2H3,(H,19,25). The number of amides is 2. The minimum atomic E-state index is -0.142. The predicted molar refractivity (Wildman–Crippen MR) is 95.0 cm³/mol. The number of hydrogen-bond acceptors (Lipinski definition) is 5. The molecule has 0 atom stereocenters. The number of pyridine rings is 1. The zero-order valence-corrected chi connectivity index (χ0v) is 14.9. The molecule has 0 bridgehead atoms. The first-order valence-electron chi connectivity index (χ1n) is 8.66. The third-order valence-corrected chi connectivity index (χ3v) is 4.48. The summed E-state index contributed by atoms with van der Waals surface area (Å²) in [6.07, 6.45) is 6.98. The van der Waals surface area contributed by atoms with Crippen LogP contribution in [0.4, 0.5) is 10.6 Å². The molecule has 8 nitrogen and oxygen atoms in total. The number of piperidine rings is 1. The van der Waals surface area contributed by atoms with Crippen molar-refractivity contribution < 1.29 is 4.79 Å². The van der Waals surface area contributed by atoms with Crippen LogP contribution in [-0.4, -0.2) is 50.8 Å². The number of nitrogens with one attached hydrogen (secondary N) is 1. The Kier molecular flexibility index (Phi) is 5.47. The van der Waals surface area contributed by atoms with Gasteiger partial charge in [0.2, 0.25) is 0 Å². The van der Waals surface area contributed by atoms with Crippen molar-refractivity contribution in [1.29, 1.82) is 0 Å². The van der Waals surface area contributed by atoms with Gasteiger partial charge in [0.25, 0.3) is 0 Å². The monoisotopic (exact) mass is 343 g/mol. The van der Waals surface area contributed by atoms with E-state index in [4.69, 9.17) is 0 Å². The summed E-state index contributed by atoms with van der Waals surface area (Å²) in [5.41, 5.74) is 1.05. The molecule has 2 aromatic heterocycles. The summed E-state index contributed by atoms with van der Waals surface area (Å²) in [6, 6.07) is 3.80. The molecule has 0 unspecified atom stereocenters. The second-order valence-electron chi connectivity index (χ2n) is 6.35. The summed E-state index contributed by atoms with van der Waals surface area (Å²) >= 11 is 0. The average molecular weight is 343 g/mol. The molecule has 1 saturated heterocycles. The summed E-state index contributed by atoms with van der Waals surface area (Å²) in [5.74, 6) is 1.73. The number of aromatic nitrogens is 4.